The van der Waals surface area contributed by atoms with Crippen LogP contribution in [-0.4, -0.2) is 34.3 Å². The standard InChI is InChI=1S/C25H29N3O2/c29-23(27-21-6-1-5-20-19(21)4-2-8-26-20)22-7-3-9-28(22)24(30)25-13-16-10-17(14-25)12-18(11-16)15-25/h1-2,4-6,8,16-18,22H,3,7,9-15H2,(H,27,29). The molecular weight excluding hydrogens is 374 g/mol. The first-order valence-corrected chi connectivity index (χ1v) is 11.6. The average Bonchev–Trinajstić information content (AvgIpc) is 3.22. The lowest BCUT2D eigenvalue weighted by Crippen LogP contribution is -2.56. The molecule has 5 aliphatic rings. The van der Waals surface area contributed by atoms with Crippen molar-refractivity contribution in [1.29, 1.82) is 0 Å². The van der Waals surface area contributed by atoms with E-state index in [9.17, 15) is 9.59 Å². The van der Waals surface area contributed by atoms with Crippen molar-refractivity contribution >= 4 is 28.4 Å². The maximum Gasteiger partial charge on any atom is 0.247 e. The molecule has 1 aromatic carbocycles. The van der Waals surface area contributed by atoms with E-state index in [4.69, 9.17) is 0 Å². The minimum absolute atomic E-state index is 0.0538. The van der Waals surface area contributed by atoms with E-state index in [-0.39, 0.29) is 23.3 Å². The molecule has 30 heavy (non-hydrogen) atoms. The van der Waals surface area contributed by atoms with Gasteiger partial charge in [0.15, 0.2) is 0 Å². The molecule has 2 aromatic rings. The summed E-state index contributed by atoms with van der Waals surface area (Å²) in [5.74, 6) is 2.43. The molecule has 2 amide bonds. The second kappa shape index (κ2) is 6.79. The second-order valence-corrected chi connectivity index (χ2v) is 10.2. The molecule has 4 aliphatic carbocycles. The molecule has 156 valence electrons. The fraction of sp³-hybridized carbons (Fsp3) is 0.560. The van der Waals surface area contributed by atoms with E-state index in [1.165, 1.54) is 19.3 Å². The SMILES string of the molecule is O=C(Nc1cccc2ncccc12)C1CCCN1C(=O)C12CC3CC(CC(C3)C1)C2. The fourth-order valence-electron chi connectivity index (χ4n) is 7.39. The summed E-state index contributed by atoms with van der Waals surface area (Å²) in [6, 6.07) is 9.29. The number of nitrogens with one attached hydrogen (secondary N) is 1. The van der Waals surface area contributed by atoms with Crippen LogP contribution in [0.5, 0.6) is 0 Å². The van der Waals surface area contributed by atoms with Crippen molar-refractivity contribution in [2.24, 2.45) is 23.2 Å². The zero-order valence-corrected chi connectivity index (χ0v) is 17.3. The minimum atomic E-state index is -0.350. The van der Waals surface area contributed by atoms with E-state index < -0.39 is 0 Å². The lowest BCUT2D eigenvalue weighted by molar-refractivity contribution is -0.159. The molecule has 1 unspecified atom stereocenters. The summed E-state index contributed by atoms with van der Waals surface area (Å²) < 4.78 is 0. The molecule has 5 heteroatoms. The number of hydrogen-bond donors (Lipinski definition) is 1. The van der Waals surface area contributed by atoms with Gasteiger partial charge in [0.1, 0.15) is 6.04 Å². The number of nitrogens with zero attached hydrogens (tertiary/aromatic N) is 2. The van der Waals surface area contributed by atoms with Crippen LogP contribution in [0.4, 0.5) is 5.69 Å². The monoisotopic (exact) mass is 403 g/mol. The van der Waals surface area contributed by atoms with Gasteiger partial charge >= 0.3 is 0 Å². The van der Waals surface area contributed by atoms with Crippen LogP contribution in [0.25, 0.3) is 10.9 Å². The molecule has 5 nitrogen and oxygen atoms in total. The first-order valence-electron chi connectivity index (χ1n) is 11.6. The van der Waals surface area contributed by atoms with Crippen LogP contribution in [0, 0.1) is 23.2 Å². The predicted octanol–water partition coefficient (Wildman–Crippen LogP) is 4.38. The highest BCUT2D eigenvalue weighted by Gasteiger charge is 2.56. The maximum absolute atomic E-state index is 13.8. The van der Waals surface area contributed by atoms with Gasteiger partial charge in [0.2, 0.25) is 11.8 Å². The number of amides is 2. The Balaban J connectivity index is 1.24. The Morgan fingerprint density at radius 2 is 1.73 bits per heavy atom. The van der Waals surface area contributed by atoms with Gasteiger partial charge in [-0.2, -0.15) is 0 Å². The summed E-state index contributed by atoms with van der Waals surface area (Å²) in [6.07, 6.45) is 10.6. The summed E-state index contributed by atoms with van der Waals surface area (Å²) in [4.78, 5) is 33.4. The number of likely N-dealkylation sites (tertiary alicyclic amines) is 1. The smallest absolute Gasteiger partial charge is 0.247 e. The third-order valence-electron chi connectivity index (χ3n) is 8.21. The van der Waals surface area contributed by atoms with Crippen molar-refractivity contribution in [3.8, 4) is 0 Å². The Morgan fingerprint density at radius 1 is 1.00 bits per heavy atom. The Bertz CT molecular complexity index is 976. The summed E-state index contributed by atoms with van der Waals surface area (Å²) in [5, 5.41) is 4.05. The van der Waals surface area contributed by atoms with Crippen molar-refractivity contribution in [2.75, 3.05) is 11.9 Å². The zero-order valence-electron chi connectivity index (χ0n) is 17.3. The number of rotatable bonds is 3. The highest BCUT2D eigenvalue weighted by Crippen LogP contribution is 2.60. The molecule has 7 rings (SSSR count). The van der Waals surface area contributed by atoms with Crippen LogP contribution < -0.4 is 5.32 Å². The molecule has 4 saturated carbocycles. The summed E-state index contributed by atoms with van der Waals surface area (Å²) in [7, 11) is 0. The third kappa shape index (κ3) is 2.85. The van der Waals surface area contributed by atoms with E-state index in [1.54, 1.807) is 6.20 Å². The lowest BCUT2D eigenvalue weighted by atomic mass is 9.49. The molecule has 5 fully saturated rings. The molecule has 0 spiro atoms. The molecule has 2 heterocycles. The molecule has 0 radical (unpaired) electrons. The van der Waals surface area contributed by atoms with Crippen LogP contribution in [-0.2, 0) is 9.59 Å². The van der Waals surface area contributed by atoms with E-state index in [2.05, 4.69) is 10.3 Å². The molecule has 4 bridgehead atoms. The Kier molecular flexibility index (Phi) is 4.15. The van der Waals surface area contributed by atoms with Crippen molar-refractivity contribution in [2.45, 2.75) is 57.4 Å². The second-order valence-electron chi connectivity index (χ2n) is 10.2. The molecule has 1 aliphatic heterocycles. The maximum atomic E-state index is 13.8. The first-order chi connectivity index (χ1) is 14.6. The van der Waals surface area contributed by atoms with Crippen molar-refractivity contribution in [3.05, 3.63) is 36.5 Å². The largest absolute Gasteiger partial charge is 0.330 e. The number of benzene rings is 1. The van der Waals surface area contributed by atoms with Crippen molar-refractivity contribution in [3.63, 3.8) is 0 Å². The van der Waals surface area contributed by atoms with Crippen LogP contribution >= 0.6 is 0 Å². The molecular formula is C25H29N3O2. The van der Waals surface area contributed by atoms with Gasteiger partial charge in [0, 0.05) is 18.1 Å². The molecule has 1 atom stereocenters. The Labute approximate surface area is 177 Å². The quantitative estimate of drug-likeness (QED) is 0.827. The van der Waals surface area contributed by atoms with E-state index >= 15 is 0 Å². The average molecular weight is 404 g/mol. The Hall–Kier alpha value is -2.43. The first kappa shape index (κ1) is 18.3. The molecule has 1 N–H and O–H groups in total. The summed E-state index contributed by atoms with van der Waals surface area (Å²) in [5.41, 5.74) is 1.46. The number of carbonyl (C=O) groups excluding carboxylic acids is 2. The lowest BCUT2D eigenvalue weighted by Gasteiger charge is -2.56. The van der Waals surface area contributed by atoms with Gasteiger partial charge in [-0.25, -0.2) is 0 Å². The normalized spacial score (nSPS) is 34.5. The van der Waals surface area contributed by atoms with Crippen LogP contribution in [0.3, 0.4) is 0 Å². The highest BCUT2D eigenvalue weighted by atomic mass is 16.2. The number of anilines is 1. The van der Waals surface area contributed by atoms with Gasteiger partial charge in [-0.3, -0.25) is 14.6 Å². The van der Waals surface area contributed by atoms with Crippen molar-refractivity contribution in [1.82, 2.24) is 9.88 Å². The van der Waals surface area contributed by atoms with E-state index in [0.29, 0.717) is 0 Å². The van der Waals surface area contributed by atoms with Crippen LogP contribution in [0.15, 0.2) is 36.5 Å². The van der Waals surface area contributed by atoms with Gasteiger partial charge in [0.05, 0.1) is 16.6 Å². The summed E-state index contributed by atoms with van der Waals surface area (Å²) in [6.45, 7) is 0.718. The molecule has 1 saturated heterocycles. The van der Waals surface area contributed by atoms with E-state index in [1.807, 2.05) is 35.2 Å². The zero-order chi connectivity index (χ0) is 20.3. The van der Waals surface area contributed by atoms with Gasteiger partial charge in [-0.15, -0.1) is 0 Å². The number of hydrogen-bond acceptors (Lipinski definition) is 3. The summed E-state index contributed by atoms with van der Waals surface area (Å²) >= 11 is 0. The number of fused-ring (bicyclic) bond motifs is 1. The molecule has 1 aromatic heterocycles. The Morgan fingerprint density at radius 3 is 2.47 bits per heavy atom. The fourth-order valence-corrected chi connectivity index (χ4v) is 7.39. The topological polar surface area (TPSA) is 62.3 Å². The predicted molar refractivity (Wildman–Crippen MR) is 116 cm³/mol. The van der Waals surface area contributed by atoms with Gasteiger partial charge < -0.3 is 10.2 Å². The van der Waals surface area contributed by atoms with E-state index in [0.717, 1.165) is 73.0 Å². The third-order valence-corrected chi connectivity index (χ3v) is 8.21. The highest BCUT2D eigenvalue weighted by molar-refractivity contribution is 6.04. The van der Waals surface area contributed by atoms with Gasteiger partial charge in [-0.1, -0.05) is 6.07 Å². The van der Waals surface area contributed by atoms with Gasteiger partial charge in [0.25, 0.3) is 0 Å². The van der Waals surface area contributed by atoms with Crippen LogP contribution in [0.2, 0.25) is 0 Å². The van der Waals surface area contributed by atoms with Gasteiger partial charge in [-0.05, 0) is 93.4 Å². The van der Waals surface area contributed by atoms with Crippen LogP contribution in [0.1, 0.15) is 51.4 Å². The minimum Gasteiger partial charge on any atom is -0.330 e. The number of carbonyl (C=O) groups is 2. The van der Waals surface area contributed by atoms with Crippen molar-refractivity contribution < 1.29 is 9.59 Å². The number of pyridine rings is 1. The number of aromatic nitrogens is 1.